The molecule has 6 nitrogen and oxygen atoms in total. The van der Waals surface area contributed by atoms with Gasteiger partial charge in [0.2, 0.25) is 5.91 Å². The maximum Gasteiger partial charge on any atom is 0.453 e. The number of carbonyl (C=O) groups excluding carboxylic acids is 1. The van der Waals surface area contributed by atoms with Crippen LogP contribution in [0.15, 0.2) is 48.5 Å². The van der Waals surface area contributed by atoms with Gasteiger partial charge in [-0.25, -0.2) is 4.57 Å². The number of amides is 1. The van der Waals surface area contributed by atoms with Crippen LogP contribution in [0.5, 0.6) is 11.5 Å². The Morgan fingerprint density at radius 1 is 0.964 bits per heavy atom. The molecule has 2 atom stereocenters. The van der Waals surface area contributed by atoms with Crippen molar-refractivity contribution in [3.8, 4) is 22.6 Å². The van der Waals surface area contributed by atoms with Crippen molar-refractivity contribution < 1.29 is 18.4 Å². The van der Waals surface area contributed by atoms with Crippen molar-refractivity contribution in [1.29, 1.82) is 0 Å². The summed E-state index contributed by atoms with van der Waals surface area (Å²) in [6.45, 7) is 1.43. The van der Waals surface area contributed by atoms with Crippen LogP contribution in [0.2, 0.25) is 0 Å². The van der Waals surface area contributed by atoms with E-state index in [2.05, 4.69) is 5.32 Å². The van der Waals surface area contributed by atoms with Gasteiger partial charge in [0.05, 0.1) is 6.04 Å². The van der Waals surface area contributed by atoms with Crippen LogP contribution in [-0.2, 0) is 9.36 Å². The molecule has 2 saturated heterocycles. The van der Waals surface area contributed by atoms with E-state index < -0.39 is 13.4 Å². The molecule has 1 unspecified atom stereocenters. The molecular formula is C21H23N2O4P. The zero-order chi connectivity index (χ0) is 19.1. The van der Waals surface area contributed by atoms with Gasteiger partial charge < -0.3 is 19.3 Å². The molecule has 1 amide bonds. The Morgan fingerprint density at radius 2 is 1.61 bits per heavy atom. The van der Waals surface area contributed by atoms with Crippen molar-refractivity contribution >= 4 is 13.5 Å². The minimum Gasteiger partial charge on any atom is -0.414 e. The molecule has 2 aromatic rings. The summed E-state index contributed by atoms with van der Waals surface area (Å²) < 4.78 is 26.2. The second-order valence-electron chi connectivity index (χ2n) is 7.52. The van der Waals surface area contributed by atoms with E-state index in [-0.39, 0.29) is 11.9 Å². The molecule has 0 radical (unpaired) electrons. The van der Waals surface area contributed by atoms with Crippen molar-refractivity contribution in [2.75, 3.05) is 13.1 Å². The van der Waals surface area contributed by atoms with Gasteiger partial charge >= 0.3 is 7.60 Å². The fourth-order valence-corrected chi connectivity index (χ4v) is 6.60. The third kappa shape index (κ3) is 2.92. The molecule has 2 fully saturated rings. The molecule has 0 saturated carbocycles. The molecule has 28 heavy (non-hydrogen) atoms. The van der Waals surface area contributed by atoms with Crippen LogP contribution in [0.4, 0.5) is 0 Å². The standard InChI is InChI=1S/C21H23N2O4P/c24-21(17-9-5-13-22-17)23-14-6-12-20(23)28(25)26-18-10-3-1-7-15(18)16-8-2-4-11-19(16)27-28/h1-4,7-8,10-11,17,20,22H,5-6,9,12-14H2/t17-,20?/m0/s1. The fourth-order valence-electron chi connectivity index (χ4n) is 4.38. The molecule has 146 valence electrons. The van der Waals surface area contributed by atoms with Crippen molar-refractivity contribution in [2.24, 2.45) is 0 Å². The quantitative estimate of drug-likeness (QED) is 0.774. The SMILES string of the molecule is O=C([C@@H]1CCCN1)N1CCCC1P1(=O)Oc2ccccc2-c2ccccc2O1. The van der Waals surface area contributed by atoms with E-state index in [9.17, 15) is 9.36 Å². The van der Waals surface area contributed by atoms with Crippen molar-refractivity contribution in [3.05, 3.63) is 48.5 Å². The Labute approximate surface area is 164 Å². The van der Waals surface area contributed by atoms with Gasteiger partial charge in [0.1, 0.15) is 11.5 Å². The first-order valence-corrected chi connectivity index (χ1v) is 11.5. The lowest BCUT2D eigenvalue weighted by atomic mass is 10.0. The fraction of sp³-hybridized carbons (Fsp3) is 0.381. The molecule has 0 bridgehead atoms. The number of hydrogen-bond donors (Lipinski definition) is 1. The van der Waals surface area contributed by atoms with Gasteiger partial charge in [0, 0.05) is 17.7 Å². The number of hydrogen-bond acceptors (Lipinski definition) is 5. The largest absolute Gasteiger partial charge is 0.453 e. The summed E-state index contributed by atoms with van der Waals surface area (Å²) in [6.07, 6.45) is 3.21. The van der Waals surface area contributed by atoms with Crippen LogP contribution < -0.4 is 14.4 Å². The summed E-state index contributed by atoms with van der Waals surface area (Å²) in [7, 11) is -3.64. The summed E-state index contributed by atoms with van der Waals surface area (Å²) in [5, 5.41) is 3.25. The maximum absolute atomic E-state index is 14.1. The zero-order valence-corrected chi connectivity index (χ0v) is 16.4. The summed E-state index contributed by atoms with van der Waals surface area (Å²) in [4.78, 5) is 14.8. The van der Waals surface area contributed by atoms with Gasteiger partial charge in [0.15, 0.2) is 5.78 Å². The summed E-state index contributed by atoms with van der Waals surface area (Å²) in [6, 6.07) is 14.9. The predicted molar refractivity (Wildman–Crippen MR) is 107 cm³/mol. The Kier molecular flexibility index (Phi) is 4.41. The van der Waals surface area contributed by atoms with Gasteiger partial charge in [-0.05, 0) is 44.4 Å². The topological polar surface area (TPSA) is 67.9 Å². The minimum absolute atomic E-state index is 0.00763. The summed E-state index contributed by atoms with van der Waals surface area (Å²) in [5.41, 5.74) is 1.70. The second kappa shape index (κ2) is 6.94. The average Bonchev–Trinajstić information content (AvgIpc) is 3.39. The molecular weight excluding hydrogens is 375 g/mol. The van der Waals surface area contributed by atoms with Gasteiger partial charge in [-0.15, -0.1) is 0 Å². The molecule has 3 aliphatic rings. The van der Waals surface area contributed by atoms with E-state index in [0.717, 1.165) is 36.9 Å². The monoisotopic (exact) mass is 398 g/mol. The van der Waals surface area contributed by atoms with Crippen LogP contribution >= 0.6 is 7.60 Å². The molecule has 1 N–H and O–H groups in total. The number of rotatable bonds is 2. The molecule has 0 spiro atoms. The van der Waals surface area contributed by atoms with E-state index in [1.807, 2.05) is 48.5 Å². The maximum atomic E-state index is 14.1. The van der Waals surface area contributed by atoms with Crippen LogP contribution in [0.3, 0.4) is 0 Å². The van der Waals surface area contributed by atoms with Gasteiger partial charge in [-0.2, -0.15) is 0 Å². The molecule has 3 aliphatic heterocycles. The van der Waals surface area contributed by atoms with Crippen molar-refractivity contribution in [2.45, 2.75) is 37.5 Å². The first-order valence-electron chi connectivity index (χ1n) is 9.87. The molecule has 2 aromatic carbocycles. The molecule has 7 heteroatoms. The van der Waals surface area contributed by atoms with Crippen LogP contribution in [0.25, 0.3) is 11.1 Å². The number of fused-ring (bicyclic) bond motifs is 3. The Hall–Kier alpha value is -2.30. The Balaban J connectivity index is 1.54. The van der Waals surface area contributed by atoms with E-state index in [1.54, 1.807) is 4.90 Å². The average molecular weight is 398 g/mol. The van der Waals surface area contributed by atoms with Crippen LogP contribution in [0, 0.1) is 0 Å². The number of para-hydroxylation sites is 2. The lowest BCUT2D eigenvalue weighted by Gasteiger charge is -2.31. The van der Waals surface area contributed by atoms with Gasteiger partial charge in [-0.1, -0.05) is 36.4 Å². The zero-order valence-electron chi connectivity index (χ0n) is 15.5. The summed E-state index contributed by atoms with van der Waals surface area (Å²) >= 11 is 0. The number of benzene rings is 2. The highest BCUT2D eigenvalue weighted by Gasteiger charge is 2.50. The first kappa shape index (κ1) is 17.8. The van der Waals surface area contributed by atoms with E-state index >= 15 is 0 Å². The van der Waals surface area contributed by atoms with Gasteiger partial charge in [-0.3, -0.25) is 4.79 Å². The van der Waals surface area contributed by atoms with Gasteiger partial charge in [0.25, 0.3) is 0 Å². The number of carbonyl (C=O) groups is 1. The molecule has 0 aliphatic carbocycles. The highest BCUT2D eigenvalue weighted by molar-refractivity contribution is 7.55. The van der Waals surface area contributed by atoms with Crippen molar-refractivity contribution in [1.82, 2.24) is 10.2 Å². The molecule has 5 rings (SSSR count). The smallest absolute Gasteiger partial charge is 0.414 e. The van der Waals surface area contributed by atoms with Crippen molar-refractivity contribution in [3.63, 3.8) is 0 Å². The Bertz CT molecular complexity index is 905. The highest BCUT2D eigenvalue weighted by Crippen LogP contribution is 2.61. The molecule has 3 heterocycles. The third-order valence-corrected chi connectivity index (χ3v) is 7.91. The van der Waals surface area contributed by atoms with E-state index in [4.69, 9.17) is 9.05 Å². The summed E-state index contributed by atoms with van der Waals surface area (Å²) in [5.74, 6) is 0.512. The highest BCUT2D eigenvalue weighted by atomic mass is 31.2. The molecule has 0 aromatic heterocycles. The lowest BCUT2D eigenvalue weighted by molar-refractivity contribution is -0.132. The third-order valence-electron chi connectivity index (χ3n) is 5.74. The number of nitrogens with one attached hydrogen (secondary N) is 1. The predicted octanol–water partition coefficient (Wildman–Crippen LogP) is 4.02. The number of nitrogens with zero attached hydrogens (tertiary/aromatic N) is 1. The number of likely N-dealkylation sites (tertiary alicyclic amines) is 1. The second-order valence-corrected chi connectivity index (χ2v) is 9.56. The Morgan fingerprint density at radius 3 is 2.21 bits per heavy atom. The van der Waals surface area contributed by atoms with Crippen LogP contribution in [-0.4, -0.2) is 35.7 Å². The van der Waals surface area contributed by atoms with E-state index in [1.165, 1.54) is 0 Å². The first-order chi connectivity index (χ1) is 13.7. The van der Waals surface area contributed by atoms with E-state index in [0.29, 0.717) is 24.5 Å². The van der Waals surface area contributed by atoms with Crippen LogP contribution in [0.1, 0.15) is 25.7 Å². The lowest BCUT2D eigenvalue weighted by Crippen LogP contribution is -2.46. The minimum atomic E-state index is -3.64. The normalized spacial score (nSPS) is 25.2.